The fourth-order valence-corrected chi connectivity index (χ4v) is 4.07. The molecule has 2 heterocycles. The van der Waals surface area contributed by atoms with Crippen LogP contribution in [0.4, 0.5) is 5.82 Å². The smallest absolute Gasteiger partial charge is 0.245 e. The molecule has 7 heteroatoms. The van der Waals surface area contributed by atoms with Gasteiger partial charge in [0.2, 0.25) is 11.8 Å². The topological polar surface area (TPSA) is 67.6 Å². The third-order valence-corrected chi connectivity index (χ3v) is 5.42. The lowest BCUT2D eigenvalue weighted by Gasteiger charge is -2.21. The molecule has 0 saturated carbocycles. The van der Waals surface area contributed by atoms with Crippen molar-refractivity contribution in [1.82, 2.24) is 9.55 Å². The third-order valence-electron chi connectivity index (χ3n) is 4.35. The Hall–Kier alpha value is -3.19. The van der Waals surface area contributed by atoms with Gasteiger partial charge >= 0.3 is 0 Å². The fraction of sp³-hybridized carbons (Fsp3) is 0.143. The molecule has 0 saturated heterocycles. The summed E-state index contributed by atoms with van der Waals surface area (Å²) < 4.78 is 1.55. The van der Waals surface area contributed by atoms with Crippen molar-refractivity contribution in [3.8, 4) is 11.4 Å². The zero-order valence-corrected chi connectivity index (χ0v) is 16.5. The van der Waals surface area contributed by atoms with Crippen LogP contribution in [0.2, 0.25) is 0 Å². The van der Waals surface area contributed by atoms with Crippen molar-refractivity contribution in [2.75, 3.05) is 5.01 Å². The van der Waals surface area contributed by atoms with Gasteiger partial charge in [0.15, 0.2) is 5.82 Å². The lowest BCUT2D eigenvalue weighted by molar-refractivity contribution is -0.116. The minimum absolute atomic E-state index is 0.172. The average Bonchev–Trinajstić information content (AvgIpc) is 3.08. The van der Waals surface area contributed by atoms with E-state index in [0.29, 0.717) is 21.7 Å². The molecular weight excluding hydrogens is 372 g/mol. The van der Waals surface area contributed by atoms with Gasteiger partial charge in [0, 0.05) is 25.0 Å². The van der Waals surface area contributed by atoms with Crippen LogP contribution >= 0.6 is 11.8 Å². The molecular formula is C21H18N4O2S. The summed E-state index contributed by atoms with van der Waals surface area (Å²) in [6, 6.07) is 17.4. The lowest BCUT2D eigenvalue weighted by atomic mass is 10.1. The van der Waals surface area contributed by atoms with Gasteiger partial charge in [0.25, 0.3) is 0 Å². The van der Waals surface area contributed by atoms with Gasteiger partial charge in [-0.1, -0.05) is 60.2 Å². The Labute approximate surface area is 166 Å². The number of anilines is 1. The molecule has 0 unspecified atom stereocenters. The summed E-state index contributed by atoms with van der Waals surface area (Å²) in [7, 11) is 0. The van der Waals surface area contributed by atoms with Crippen molar-refractivity contribution in [2.24, 2.45) is 5.10 Å². The summed E-state index contributed by atoms with van der Waals surface area (Å²) in [6.07, 6.45) is 0. The first-order valence-corrected chi connectivity index (χ1v) is 9.60. The minimum atomic E-state index is -0.265. The molecule has 4 rings (SSSR count). The molecule has 0 atom stereocenters. The second-order valence-electron chi connectivity index (χ2n) is 6.49. The van der Waals surface area contributed by atoms with Crippen LogP contribution in [0.5, 0.6) is 0 Å². The van der Waals surface area contributed by atoms with Crippen molar-refractivity contribution >= 4 is 34.4 Å². The maximum atomic E-state index is 12.5. The van der Waals surface area contributed by atoms with Crippen LogP contribution in [0.25, 0.3) is 11.4 Å². The third kappa shape index (κ3) is 3.14. The number of imidazole rings is 1. The number of thioether (sulfide) groups is 1. The Bertz CT molecular complexity index is 1100. The van der Waals surface area contributed by atoms with E-state index in [-0.39, 0.29) is 11.8 Å². The standard InChI is InChI=1S/C21H18N4O2S/c1-13-9-11-16(12-10-13)18-22-19-21(24(18)14(2)26)28-20(23-25(19)15(3)27)17-7-5-4-6-8-17/h4-12H,1-3H3. The van der Waals surface area contributed by atoms with Crippen molar-refractivity contribution in [2.45, 2.75) is 25.8 Å². The van der Waals surface area contributed by atoms with E-state index in [1.807, 2.05) is 61.5 Å². The van der Waals surface area contributed by atoms with Crippen molar-refractivity contribution in [3.05, 3.63) is 65.7 Å². The molecule has 140 valence electrons. The molecule has 6 nitrogen and oxygen atoms in total. The minimum Gasteiger partial charge on any atom is -0.274 e. The van der Waals surface area contributed by atoms with E-state index in [9.17, 15) is 9.59 Å². The second-order valence-corrected chi connectivity index (χ2v) is 7.47. The molecule has 0 spiro atoms. The molecule has 28 heavy (non-hydrogen) atoms. The predicted molar refractivity (Wildman–Crippen MR) is 111 cm³/mol. The van der Waals surface area contributed by atoms with E-state index < -0.39 is 0 Å². The highest BCUT2D eigenvalue weighted by molar-refractivity contribution is 8.14. The SMILES string of the molecule is CC(=O)N1N=C(c2ccccc2)Sc2c1nc(-c1ccc(C)cc1)n2C(C)=O. The van der Waals surface area contributed by atoms with Crippen LogP contribution in [-0.4, -0.2) is 26.4 Å². The van der Waals surface area contributed by atoms with Crippen molar-refractivity contribution in [1.29, 1.82) is 0 Å². The van der Waals surface area contributed by atoms with Crippen LogP contribution in [0, 0.1) is 6.92 Å². The van der Waals surface area contributed by atoms with Crippen LogP contribution in [0.15, 0.2) is 64.7 Å². The molecule has 0 N–H and O–H groups in total. The fourth-order valence-electron chi connectivity index (χ4n) is 2.98. The Balaban J connectivity index is 1.90. The first-order chi connectivity index (χ1) is 13.5. The number of hydrazone groups is 1. The highest BCUT2D eigenvalue weighted by Gasteiger charge is 2.32. The maximum absolute atomic E-state index is 12.5. The average molecular weight is 390 g/mol. The van der Waals surface area contributed by atoms with E-state index >= 15 is 0 Å². The van der Waals surface area contributed by atoms with Crippen molar-refractivity contribution < 1.29 is 9.59 Å². The van der Waals surface area contributed by atoms with E-state index in [4.69, 9.17) is 0 Å². The van der Waals surface area contributed by atoms with Gasteiger partial charge in [0.05, 0.1) is 0 Å². The summed E-state index contributed by atoms with van der Waals surface area (Å²) >= 11 is 1.34. The van der Waals surface area contributed by atoms with Gasteiger partial charge in [-0.05, 0) is 18.7 Å². The molecule has 0 radical (unpaired) electrons. The number of aromatic nitrogens is 2. The van der Waals surface area contributed by atoms with Crippen LogP contribution in [0.1, 0.15) is 29.8 Å². The number of aryl methyl sites for hydroxylation is 1. The number of hydrogen-bond donors (Lipinski definition) is 0. The van der Waals surface area contributed by atoms with E-state index in [1.54, 1.807) is 4.57 Å². The molecule has 1 aliphatic rings. The first kappa shape index (κ1) is 18.2. The Morgan fingerprint density at radius 1 is 0.893 bits per heavy atom. The molecule has 0 bridgehead atoms. The summed E-state index contributed by atoms with van der Waals surface area (Å²) in [4.78, 5) is 29.4. The van der Waals surface area contributed by atoms with Gasteiger partial charge in [-0.3, -0.25) is 14.2 Å². The molecule has 0 fully saturated rings. The largest absolute Gasteiger partial charge is 0.274 e. The molecule has 1 aliphatic heterocycles. The van der Waals surface area contributed by atoms with E-state index in [1.165, 1.54) is 30.6 Å². The molecule has 2 aromatic carbocycles. The van der Waals surface area contributed by atoms with E-state index in [0.717, 1.165) is 16.7 Å². The molecule has 1 amide bonds. The normalized spacial score (nSPS) is 13.1. The monoisotopic (exact) mass is 390 g/mol. The number of carbonyl (C=O) groups excluding carboxylic acids is 2. The number of amides is 1. The van der Waals surface area contributed by atoms with E-state index in [2.05, 4.69) is 10.1 Å². The summed E-state index contributed by atoms with van der Waals surface area (Å²) in [6.45, 7) is 4.93. The number of rotatable bonds is 2. The Morgan fingerprint density at radius 2 is 1.57 bits per heavy atom. The van der Waals surface area contributed by atoms with Crippen LogP contribution in [-0.2, 0) is 4.79 Å². The highest BCUT2D eigenvalue weighted by atomic mass is 32.2. The van der Waals surface area contributed by atoms with Gasteiger partial charge in [-0.15, -0.1) is 0 Å². The molecule has 1 aromatic heterocycles. The summed E-state index contributed by atoms with van der Waals surface area (Å²) in [5.41, 5.74) is 2.79. The van der Waals surface area contributed by atoms with Gasteiger partial charge < -0.3 is 0 Å². The number of benzene rings is 2. The maximum Gasteiger partial charge on any atom is 0.245 e. The zero-order valence-electron chi connectivity index (χ0n) is 15.7. The number of nitrogens with zero attached hydrogens (tertiary/aromatic N) is 4. The first-order valence-electron chi connectivity index (χ1n) is 8.79. The van der Waals surface area contributed by atoms with Gasteiger partial charge in [-0.2, -0.15) is 10.1 Å². The number of fused-ring (bicyclic) bond motifs is 1. The predicted octanol–water partition coefficient (Wildman–Crippen LogP) is 4.34. The summed E-state index contributed by atoms with van der Waals surface area (Å²) in [5.74, 6) is 0.442. The quantitative estimate of drug-likeness (QED) is 0.653. The Kier molecular flexibility index (Phi) is 4.60. The second kappa shape index (κ2) is 7.09. The molecule has 3 aromatic rings. The van der Waals surface area contributed by atoms with Gasteiger partial charge in [-0.25, -0.2) is 4.98 Å². The number of hydrogen-bond acceptors (Lipinski definition) is 5. The zero-order chi connectivity index (χ0) is 19.8. The van der Waals surface area contributed by atoms with Crippen molar-refractivity contribution in [3.63, 3.8) is 0 Å². The highest BCUT2D eigenvalue weighted by Crippen LogP contribution is 2.40. The van der Waals surface area contributed by atoms with Gasteiger partial charge in [0.1, 0.15) is 15.9 Å². The molecule has 0 aliphatic carbocycles. The lowest BCUT2D eigenvalue weighted by Crippen LogP contribution is -2.28. The van der Waals surface area contributed by atoms with Crippen LogP contribution in [0.3, 0.4) is 0 Å². The Morgan fingerprint density at radius 3 is 2.18 bits per heavy atom. The number of carbonyl (C=O) groups is 2. The van der Waals surface area contributed by atoms with Crippen LogP contribution < -0.4 is 5.01 Å². The summed E-state index contributed by atoms with van der Waals surface area (Å²) in [5, 5.41) is 6.99.